The number of sulfonamides is 1. The van der Waals surface area contributed by atoms with Crippen molar-refractivity contribution in [2.75, 3.05) is 4.72 Å². The predicted molar refractivity (Wildman–Crippen MR) is 88.9 cm³/mol. The van der Waals surface area contributed by atoms with Gasteiger partial charge in [-0.15, -0.1) is 0 Å². The fraction of sp³-hybridized carbons (Fsp3) is 0.250. The van der Waals surface area contributed by atoms with Crippen LogP contribution in [-0.4, -0.2) is 13.3 Å². The van der Waals surface area contributed by atoms with Crippen molar-refractivity contribution in [1.29, 1.82) is 0 Å². The molecule has 0 radical (unpaired) electrons. The summed E-state index contributed by atoms with van der Waals surface area (Å²) in [5.74, 6) is 0.457. The molecule has 122 valence electrons. The molecule has 0 aliphatic carbocycles. The molecule has 7 heteroatoms. The van der Waals surface area contributed by atoms with E-state index in [0.29, 0.717) is 11.6 Å². The van der Waals surface area contributed by atoms with Crippen molar-refractivity contribution in [3.8, 4) is 0 Å². The van der Waals surface area contributed by atoms with Gasteiger partial charge in [-0.05, 0) is 36.1 Å². The molecule has 0 spiro atoms. The SMILES string of the molecule is CC(C)Cc1cccc(NS(=O)(=O)c2cccc([N+](=O)[O-])c2)c1. The molecule has 0 aromatic heterocycles. The molecule has 0 atom stereocenters. The van der Waals surface area contributed by atoms with Gasteiger partial charge in [-0.2, -0.15) is 0 Å². The minimum Gasteiger partial charge on any atom is -0.280 e. The molecule has 2 rings (SSSR count). The van der Waals surface area contributed by atoms with Gasteiger partial charge in [-0.25, -0.2) is 8.42 Å². The lowest BCUT2D eigenvalue weighted by atomic mass is 10.0. The van der Waals surface area contributed by atoms with Crippen LogP contribution in [0, 0.1) is 16.0 Å². The third kappa shape index (κ3) is 4.53. The Balaban J connectivity index is 2.28. The van der Waals surface area contributed by atoms with Crippen molar-refractivity contribution < 1.29 is 13.3 Å². The second kappa shape index (κ2) is 6.78. The molecule has 1 N–H and O–H groups in total. The largest absolute Gasteiger partial charge is 0.280 e. The molecular weight excluding hydrogens is 316 g/mol. The number of anilines is 1. The Kier molecular flexibility index (Phi) is 5.00. The first kappa shape index (κ1) is 17.0. The summed E-state index contributed by atoms with van der Waals surface area (Å²) in [6, 6.07) is 12.1. The molecular formula is C16H18N2O4S. The average molecular weight is 334 g/mol. The van der Waals surface area contributed by atoms with E-state index in [9.17, 15) is 18.5 Å². The fourth-order valence-corrected chi connectivity index (χ4v) is 3.30. The van der Waals surface area contributed by atoms with E-state index in [1.54, 1.807) is 18.2 Å². The van der Waals surface area contributed by atoms with Gasteiger partial charge in [0.1, 0.15) is 0 Å². The van der Waals surface area contributed by atoms with Crippen LogP contribution in [0.2, 0.25) is 0 Å². The molecule has 0 aliphatic rings. The Bertz CT molecular complexity index is 816. The Morgan fingerprint density at radius 1 is 1.13 bits per heavy atom. The van der Waals surface area contributed by atoms with E-state index in [1.807, 2.05) is 6.07 Å². The van der Waals surface area contributed by atoms with Crippen molar-refractivity contribution >= 4 is 21.4 Å². The number of rotatable bonds is 6. The van der Waals surface area contributed by atoms with Crippen LogP contribution in [0.4, 0.5) is 11.4 Å². The minimum atomic E-state index is -3.87. The van der Waals surface area contributed by atoms with Crippen molar-refractivity contribution in [2.24, 2.45) is 5.92 Å². The summed E-state index contributed by atoms with van der Waals surface area (Å²) < 4.78 is 27.2. The first-order valence-electron chi connectivity index (χ1n) is 7.14. The van der Waals surface area contributed by atoms with Gasteiger partial charge in [-0.3, -0.25) is 14.8 Å². The lowest BCUT2D eigenvalue weighted by Gasteiger charge is -2.10. The molecule has 0 amide bonds. The van der Waals surface area contributed by atoms with Gasteiger partial charge in [0, 0.05) is 17.8 Å². The van der Waals surface area contributed by atoms with Crippen LogP contribution in [0.25, 0.3) is 0 Å². The topological polar surface area (TPSA) is 89.3 Å². The Morgan fingerprint density at radius 3 is 2.48 bits per heavy atom. The summed E-state index contributed by atoms with van der Waals surface area (Å²) in [6.45, 7) is 4.17. The second-order valence-electron chi connectivity index (χ2n) is 5.66. The summed E-state index contributed by atoms with van der Waals surface area (Å²) in [7, 11) is -3.87. The third-order valence-electron chi connectivity index (χ3n) is 3.16. The normalized spacial score (nSPS) is 11.4. The van der Waals surface area contributed by atoms with Crippen LogP contribution >= 0.6 is 0 Å². The summed E-state index contributed by atoms with van der Waals surface area (Å²) in [5.41, 5.74) is 1.20. The number of non-ortho nitro benzene ring substituents is 1. The molecule has 0 bridgehead atoms. The number of nitro benzene ring substituents is 1. The smallest absolute Gasteiger partial charge is 0.270 e. The number of hydrogen-bond acceptors (Lipinski definition) is 4. The van der Waals surface area contributed by atoms with Gasteiger partial charge >= 0.3 is 0 Å². The minimum absolute atomic E-state index is 0.138. The van der Waals surface area contributed by atoms with Gasteiger partial charge in [0.05, 0.1) is 9.82 Å². The molecule has 0 heterocycles. The van der Waals surface area contributed by atoms with E-state index in [0.717, 1.165) is 18.1 Å². The van der Waals surface area contributed by atoms with Gasteiger partial charge < -0.3 is 0 Å². The van der Waals surface area contributed by atoms with Crippen molar-refractivity contribution in [3.05, 3.63) is 64.2 Å². The molecule has 0 fully saturated rings. The lowest BCUT2D eigenvalue weighted by molar-refractivity contribution is -0.385. The average Bonchev–Trinajstić information content (AvgIpc) is 2.46. The van der Waals surface area contributed by atoms with Crippen LogP contribution < -0.4 is 4.72 Å². The summed E-state index contributed by atoms with van der Waals surface area (Å²) in [6.07, 6.45) is 0.840. The lowest BCUT2D eigenvalue weighted by Crippen LogP contribution is -2.13. The first-order valence-corrected chi connectivity index (χ1v) is 8.62. The Morgan fingerprint density at radius 2 is 1.83 bits per heavy atom. The molecule has 0 aliphatic heterocycles. The molecule has 23 heavy (non-hydrogen) atoms. The monoisotopic (exact) mass is 334 g/mol. The van der Waals surface area contributed by atoms with Crippen LogP contribution in [0.5, 0.6) is 0 Å². The standard InChI is InChI=1S/C16H18N2O4S/c1-12(2)9-13-5-3-6-14(10-13)17-23(21,22)16-8-4-7-15(11-16)18(19)20/h3-8,10-12,17H,9H2,1-2H3. The van der Waals surface area contributed by atoms with E-state index >= 15 is 0 Å². The van der Waals surface area contributed by atoms with Crippen LogP contribution in [-0.2, 0) is 16.4 Å². The van der Waals surface area contributed by atoms with E-state index < -0.39 is 14.9 Å². The van der Waals surface area contributed by atoms with Gasteiger partial charge in [0.15, 0.2) is 0 Å². The van der Waals surface area contributed by atoms with E-state index in [-0.39, 0.29) is 10.6 Å². The van der Waals surface area contributed by atoms with Crippen molar-refractivity contribution in [3.63, 3.8) is 0 Å². The van der Waals surface area contributed by atoms with Gasteiger partial charge in [0.2, 0.25) is 0 Å². The third-order valence-corrected chi connectivity index (χ3v) is 4.54. The Labute approximate surface area is 135 Å². The second-order valence-corrected chi connectivity index (χ2v) is 7.34. The molecule has 2 aromatic rings. The highest BCUT2D eigenvalue weighted by atomic mass is 32.2. The van der Waals surface area contributed by atoms with E-state index in [1.165, 1.54) is 18.2 Å². The highest BCUT2D eigenvalue weighted by molar-refractivity contribution is 7.92. The number of benzene rings is 2. The van der Waals surface area contributed by atoms with Crippen LogP contribution in [0.3, 0.4) is 0 Å². The maximum Gasteiger partial charge on any atom is 0.270 e. The quantitative estimate of drug-likeness (QED) is 0.645. The maximum atomic E-state index is 12.4. The maximum absolute atomic E-state index is 12.4. The molecule has 0 saturated heterocycles. The highest BCUT2D eigenvalue weighted by Crippen LogP contribution is 2.21. The number of hydrogen-bond donors (Lipinski definition) is 1. The summed E-state index contributed by atoms with van der Waals surface area (Å²) in [4.78, 5) is 10.0. The zero-order valence-corrected chi connectivity index (χ0v) is 13.7. The van der Waals surface area contributed by atoms with Crippen LogP contribution in [0.15, 0.2) is 53.4 Å². The van der Waals surface area contributed by atoms with E-state index in [2.05, 4.69) is 18.6 Å². The van der Waals surface area contributed by atoms with E-state index in [4.69, 9.17) is 0 Å². The zero-order chi connectivity index (χ0) is 17.0. The number of nitrogens with one attached hydrogen (secondary N) is 1. The summed E-state index contributed by atoms with van der Waals surface area (Å²) >= 11 is 0. The number of nitro groups is 1. The van der Waals surface area contributed by atoms with Gasteiger partial charge in [-0.1, -0.05) is 32.0 Å². The molecule has 0 unspecified atom stereocenters. The number of nitrogens with zero attached hydrogens (tertiary/aromatic N) is 1. The molecule has 0 saturated carbocycles. The molecule has 2 aromatic carbocycles. The fourth-order valence-electron chi connectivity index (χ4n) is 2.21. The zero-order valence-electron chi connectivity index (χ0n) is 12.9. The van der Waals surface area contributed by atoms with Crippen molar-refractivity contribution in [1.82, 2.24) is 0 Å². The first-order chi connectivity index (χ1) is 10.8. The highest BCUT2D eigenvalue weighted by Gasteiger charge is 2.17. The van der Waals surface area contributed by atoms with Crippen molar-refractivity contribution in [2.45, 2.75) is 25.2 Å². The molecule has 6 nitrogen and oxygen atoms in total. The van der Waals surface area contributed by atoms with Gasteiger partial charge in [0.25, 0.3) is 15.7 Å². The van der Waals surface area contributed by atoms with Crippen LogP contribution in [0.1, 0.15) is 19.4 Å². The Hall–Kier alpha value is -2.41. The predicted octanol–water partition coefficient (Wildman–Crippen LogP) is 3.59. The summed E-state index contributed by atoms with van der Waals surface area (Å²) in [5, 5.41) is 10.8.